The van der Waals surface area contributed by atoms with Crippen molar-refractivity contribution >= 4 is 0 Å². The van der Waals surface area contributed by atoms with E-state index in [2.05, 4.69) is 41.5 Å². The average Bonchev–Trinajstić information content (AvgIpc) is 2.75. The van der Waals surface area contributed by atoms with Crippen LogP contribution in [0.5, 0.6) is 0 Å². The quantitative estimate of drug-likeness (QED) is 0.192. The van der Waals surface area contributed by atoms with Crippen LogP contribution in [0.4, 0.5) is 0 Å². The molecule has 0 aromatic heterocycles. The molecule has 0 saturated carbocycles. The van der Waals surface area contributed by atoms with Crippen LogP contribution in [0.2, 0.25) is 0 Å². The van der Waals surface area contributed by atoms with Gasteiger partial charge in [0.05, 0.1) is 25.9 Å². The van der Waals surface area contributed by atoms with Gasteiger partial charge in [0.15, 0.2) is 0 Å². The lowest BCUT2D eigenvalue weighted by atomic mass is 9.57. The van der Waals surface area contributed by atoms with Crippen molar-refractivity contribution < 1.29 is 35.4 Å². The number of aliphatic hydroxyl groups is 6. The van der Waals surface area contributed by atoms with Gasteiger partial charge in [0.25, 0.3) is 0 Å². The first kappa shape index (κ1) is 36.3. The predicted molar refractivity (Wildman–Crippen MR) is 131 cm³/mol. The number of hydrogen-bond acceptors (Lipinski definition) is 7. The third-order valence-electron chi connectivity index (χ3n) is 6.42. The van der Waals surface area contributed by atoms with Crippen LogP contribution < -0.4 is 0 Å². The molecule has 0 aromatic carbocycles. The summed E-state index contributed by atoms with van der Waals surface area (Å²) in [5.74, 6) is 1.77. The molecule has 0 heterocycles. The van der Waals surface area contributed by atoms with Crippen LogP contribution >= 0.6 is 0 Å². The fraction of sp³-hybridized carbons (Fsp3) is 1.00. The summed E-state index contributed by atoms with van der Waals surface area (Å²) in [5, 5.41) is 52.4. The summed E-state index contributed by atoms with van der Waals surface area (Å²) in [6.07, 6.45) is 3.52. The van der Waals surface area contributed by atoms with E-state index in [0.717, 1.165) is 32.3 Å². The van der Waals surface area contributed by atoms with Gasteiger partial charge in [-0.05, 0) is 61.2 Å². The van der Waals surface area contributed by atoms with E-state index in [9.17, 15) is 15.3 Å². The Morgan fingerprint density at radius 2 is 1.09 bits per heavy atom. The van der Waals surface area contributed by atoms with Gasteiger partial charge >= 0.3 is 0 Å². The molecule has 0 saturated heterocycles. The molecule has 0 aromatic rings. The molecule has 198 valence electrons. The van der Waals surface area contributed by atoms with E-state index in [-0.39, 0.29) is 38.4 Å². The van der Waals surface area contributed by atoms with E-state index < -0.39 is 6.10 Å². The molecule has 7 nitrogen and oxygen atoms in total. The highest BCUT2D eigenvalue weighted by Gasteiger charge is 2.43. The molecule has 6 N–H and O–H groups in total. The zero-order valence-electron chi connectivity index (χ0n) is 22.0. The lowest BCUT2D eigenvalue weighted by molar-refractivity contribution is -0.0127. The Kier molecular flexibility index (Phi) is 27.1. The Morgan fingerprint density at radius 1 is 0.688 bits per heavy atom. The fourth-order valence-corrected chi connectivity index (χ4v) is 4.40. The molecule has 0 aliphatic heterocycles. The summed E-state index contributed by atoms with van der Waals surface area (Å²) in [5.41, 5.74) is 0.0915. The Morgan fingerprint density at radius 3 is 1.28 bits per heavy atom. The first-order valence-corrected chi connectivity index (χ1v) is 12.4. The first-order chi connectivity index (χ1) is 15.1. The summed E-state index contributed by atoms with van der Waals surface area (Å²) in [4.78, 5) is 0. The normalized spacial score (nSPS) is 16.7. The fourth-order valence-electron chi connectivity index (χ4n) is 4.40. The molecule has 0 aliphatic rings. The molecule has 4 atom stereocenters. The molecule has 0 amide bonds. The van der Waals surface area contributed by atoms with Crippen LogP contribution in [0.3, 0.4) is 0 Å². The van der Waals surface area contributed by atoms with Crippen molar-refractivity contribution in [2.45, 2.75) is 86.7 Å². The van der Waals surface area contributed by atoms with Gasteiger partial charge in [0, 0.05) is 26.4 Å². The highest BCUT2D eigenvalue weighted by molar-refractivity contribution is 4.91. The van der Waals surface area contributed by atoms with Gasteiger partial charge in [-0.3, -0.25) is 0 Å². The largest absolute Gasteiger partial charge is 0.396 e. The smallest absolute Gasteiger partial charge is 0.0768 e. The molecular formula is C25H56O7. The van der Waals surface area contributed by atoms with Crippen molar-refractivity contribution in [3.05, 3.63) is 0 Å². The van der Waals surface area contributed by atoms with Crippen molar-refractivity contribution in [3.63, 3.8) is 0 Å². The van der Waals surface area contributed by atoms with Crippen molar-refractivity contribution in [1.29, 1.82) is 0 Å². The van der Waals surface area contributed by atoms with Crippen molar-refractivity contribution in [1.82, 2.24) is 0 Å². The topological polar surface area (TPSA) is 131 Å². The molecule has 0 spiro atoms. The average molecular weight is 469 g/mol. The SMILES string of the molecule is CC(C)COCCO.CCC(C(C)CCO)(C(C)CCO)C(C)CCO.CCC(O)CO. The lowest BCUT2D eigenvalue weighted by Gasteiger charge is -2.48. The van der Waals surface area contributed by atoms with Crippen molar-refractivity contribution in [2.24, 2.45) is 29.1 Å². The van der Waals surface area contributed by atoms with E-state index in [1.54, 1.807) is 0 Å². The maximum absolute atomic E-state index is 9.22. The van der Waals surface area contributed by atoms with Crippen LogP contribution in [-0.2, 0) is 4.74 Å². The molecule has 7 heteroatoms. The third kappa shape index (κ3) is 16.4. The van der Waals surface area contributed by atoms with Gasteiger partial charge in [-0.25, -0.2) is 0 Å². The van der Waals surface area contributed by atoms with Crippen LogP contribution in [0.15, 0.2) is 0 Å². The summed E-state index contributed by atoms with van der Waals surface area (Å²) < 4.78 is 4.99. The monoisotopic (exact) mass is 468 g/mol. The van der Waals surface area contributed by atoms with E-state index in [1.165, 1.54) is 0 Å². The van der Waals surface area contributed by atoms with E-state index in [4.69, 9.17) is 20.1 Å². The molecule has 0 radical (unpaired) electrons. The van der Waals surface area contributed by atoms with Crippen LogP contribution in [0.1, 0.15) is 80.6 Å². The standard InChI is InChI=1S/C15H32O3.C6H14O2.C4H10O2/c1-5-15(12(2)6-9-16,13(3)7-10-17)14(4)8-11-18;1-6(2)5-8-4-3-7;1-2-4(6)3-5/h12-14,16-18H,5-11H2,1-4H3;6-7H,3-5H2,1-2H3;4-6H,2-3H2,1H3. The predicted octanol–water partition coefficient (Wildman–Crippen LogP) is 2.84. The maximum atomic E-state index is 9.22. The molecule has 32 heavy (non-hydrogen) atoms. The molecule has 4 unspecified atom stereocenters. The Balaban J connectivity index is -0.000000492. The number of ether oxygens (including phenoxy) is 1. The van der Waals surface area contributed by atoms with E-state index in [1.807, 2.05) is 6.92 Å². The van der Waals surface area contributed by atoms with Gasteiger partial charge in [-0.15, -0.1) is 0 Å². The third-order valence-corrected chi connectivity index (χ3v) is 6.42. The second-order valence-corrected chi connectivity index (χ2v) is 9.14. The lowest BCUT2D eigenvalue weighted by Crippen LogP contribution is -2.42. The van der Waals surface area contributed by atoms with Gasteiger partial charge in [0.1, 0.15) is 0 Å². The minimum Gasteiger partial charge on any atom is -0.396 e. The van der Waals surface area contributed by atoms with E-state index >= 15 is 0 Å². The van der Waals surface area contributed by atoms with Gasteiger partial charge < -0.3 is 35.4 Å². The van der Waals surface area contributed by atoms with Crippen LogP contribution in [0.25, 0.3) is 0 Å². The minimum absolute atomic E-state index is 0.0915. The molecule has 0 fully saturated rings. The minimum atomic E-state index is -0.509. The second kappa shape index (κ2) is 23.9. The summed E-state index contributed by atoms with van der Waals surface area (Å²) in [6.45, 7) is 16.6. The first-order valence-electron chi connectivity index (χ1n) is 12.4. The molecule has 0 aliphatic carbocycles. The van der Waals surface area contributed by atoms with Crippen LogP contribution in [0, 0.1) is 29.1 Å². The summed E-state index contributed by atoms with van der Waals surface area (Å²) >= 11 is 0. The highest BCUT2D eigenvalue weighted by atomic mass is 16.5. The second-order valence-electron chi connectivity index (χ2n) is 9.14. The summed E-state index contributed by atoms with van der Waals surface area (Å²) in [7, 11) is 0. The Bertz CT molecular complexity index is 331. The number of aliphatic hydroxyl groups excluding tert-OH is 6. The van der Waals surface area contributed by atoms with Gasteiger partial charge in [-0.1, -0.05) is 48.5 Å². The number of rotatable bonds is 16. The van der Waals surface area contributed by atoms with E-state index in [0.29, 0.717) is 36.7 Å². The molecular weight excluding hydrogens is 412 g/mol. The van der Waals surface area contributed by atoms with Crippen molar-refractivity contribution in [3.8, 4) is 0 Å². The van der Waals surface area contributed by atoms with Gasteiger partial charge in [-0.2, -0.15) is 0 Å². The zero-order chi connectivity index (χ0) is 25.6. The summed E-state index contributed by atoms with van der Waals surface area (Å²) in [6, 6.07) is 0. The van der Waals surface area contributed by atoms with Gasteiger partial charge in [0.2, 0.25) is 0 Å². The highest BCUT2D eigenvalue weighted by Crippen LogP contribution is 2.49. The molecule has 0 rings (SSSR count). The van der Waals surface area contributed by atoms with Crippen molar-refractivity contribution in [2.75, 3.05) is 46.2 Å². The zero-order valence-corrected chi connectivity index (χ0v) is 22.0. The maximum Gasteiger partial charge on any atom is 0.0768 e. The molecule has 0 bridgehead atoms. The number of hydrogen-bond donors (Lipinski definition) is 6. The van der Waals surface area contributed by atoms with Crippen LogP contribution in [-0.4, -0.2) is 83.0 Å². The Labute approximate surface area is 197 Å². The Hall–Kier alpha value is -0.280.